The Morgan fingerprint density at radius 1 is 1.45 bits per heavy atom. The van der Waals surface area contributed by atoms with Crippen LogP contribution in [0.4, 0.5) is 10.1 Å². The van der Waals surface area contributed by atoms with Crippen molar-refractivity contribution in [3.8, 4) is 0 Å². The van der Waals surface area contributed by atoms with Crippen LogP contribution in [0.5, 0.6) is 0 Å². The van der Waals surface area contributed by atoms with E-state index in [1.807, 2.05) is 6.07 Å². The smallest absolute Gasteiger partial charge is 0.128 e. The van der Waals surface area contributed by atoms with Gasteiger partial charge in [-0.1, -0.05) is 25.6 Å². The van der Waals surface area contributed by atoms with Gasteiger partial charge in [-0.25, -0.2) is 4.39 Å². The van der Waals surface area contributed by atoms with Gasteiger partial charge in [-0.05, 0) is 49.8 Å². The summed E-state index contributed by atoms with van der Waals surface area (Å²) in [5.41, 5.74) is 3.21. The maximum Gasteiger partial charge on any atom is 0.128 e. The van der Waals surface area contributed by atoms with Gasteiger partial charge in [-0.15, -0.1) is 0 Å². The summed E-state index contributed by atoms with van der Waals surface area (Å²) in [4.78, 5) is 0. The summed E-state index contributed by atoms with van der Waals surface area (Å²) in [5, 5.41) is 6.61. The van der Waals surface area contributed by atoms with Crippen molar-refractivity contribution in [2.75, 3.05) is 11.9 Å². The molecule has 0 heterocycles. The van der Waals surface area contributed by atoms with E-state index in [4.69, 9.17) is 0 Å². The standard InChI is InChI=1S/C17H23FN2/c1-4-5-17(13(3)19-11-14-7-8-14)20-15-9-6-12(2)16(18)10-15/h5-6,9-10,14,19-20H,3-4,7-8,11H2,1-2H3/b17-5-. The number of rotatable bonds is 7. The molecule has 20 heavy (non-hydrogen) atoms. The Morgan fingerprint density at radius 2 is 2.20 bits per heavy atom. The van der Waals surface area contributed by atoms with Gasteiger partial charge in [0.1, 0.15) is 5.82 Å². The second kappa shape index (κ2) is 6.60. The summed E-state index contributed by atoms with van der Waals surface area (Å²) in [6.45, 7) is 8.89. The summed E-state index contributed by atoms with van der Waals surface area (Å²) in [6, 6.07) is 5.19. The molecule has 1 aromatic carbocycles. The molecule has 2 nitrogen and oxygen atoms in total. The highest BCUT2D eigenvalue weighted by Crippen LogP contribution is 2.28. The van der Waals surface area contributed by atoms with Crippen molar-refractivity contribution >= 4 is 5.69 Å². The Kier molecular flexibility index (Phi) is 4.83. The van der Waals surface area contributed by atoms with E-state index in [-0.39, 0.29) is 5.82 Å². The van der Waals surface area contributed by atoms with Gasteiger partial charge in [0.2, 0.25) is 0 Å². The van der Waals surface area contributed by atoms with Crippen LogP contribution in [0.3, 0.4) is 0 Å². The predicted octanol–water partition coefficient (Wildman–Crippen LogP) is 4.35. The zero-order valence-corrected chi connectivity index (χ0v) is 12.3. The molecule has 1 aliphatic carbocycles. The second-order valence-corrected chi connectivity index (χ2v) is 5.42. The van der Waals surface area contributed by atoms with Gasteiger partial charge in [-0.2, -0.15) is 0 Å². The van der Waals surface area contributed by atoms with Gasteiger partial charge >= 0.3 is 0 Å². The highest BCUT2D eigenvalue weighted by Gasteiger charge is 2.21. The Hall–Kier alpha value is -1.77. The van der Waals surface area contributed by atoms with Gasteiger partial charge in [-0.3, -0.25) is 0 Å². The van der Waals surface area contributed by atoms with E-state index in [2.05, 4.69) is 30.2 Å². The van der Waals surface area contributed by atoms with Crippen molar-refractivity contribution in [3.05, 3.63) is 53.6 Å². The first-order chi connectivity index (χ1) is 9.60. The number of aryl methyl sites for hydroxylation is 1. The number of anilines is 1. The molecule has 0 spiro atoms. The number of nitrogens with one attached hydrogen (secondary N) is 2. The normalized spacial score (nSPS) is 15.1. The van der Waals surface area contributed by atoms with Crippen molar-refractivity contribution < 1.29 is 4.39 Å². The lowest BCUT2D eigenvalue weighted by molar-refractivity contribution is 0.619. The highest BCUT2D eigenvalue weighted by atomic mass is 19.1. The van der Waals surface area contributed by atoms with Gasteiger partial charge in [0, 0.05) is 12.2 Å². The molecule has 1 fully saturated rings. The highest BCUT2D eigenvalue weighted by molar-refractivity contribution is 5.53. The van der Waals surface area contributed by atoms with Crippen LogP contribution in [-0.4, -0.2) is 6.54 Å². The van der Waals surface area contributed by atoms with Crippen molar-refractivity contribution in [1.29, 1.82) is 0 Å². The molecule has 1 saturated carbocycles. The number of halogens is 1. The van der Waals surface area contributed by atoms with E-state index < -0.39 is 0 Å². The van der Waals surface area contributed by atoms with Crippen LogP contribution in [-0.2, 0) is 0 Å². The minimum absolute atomic E-state index is 0.192. The maximum atomic E-state index is 13.6. The molecule has 0 aromatic heterocycles. The van der Waals surface area contributed by atoms with E-state index in [9.17, 15) is 4.39 Å². The third kappa shape index (κ3) is 4.12. The molecular formula is C17H23FN2. The predicted molar refractivity (Wildman–Crippen MR) is 83.0 cm³/mol. The quantitative estimate of drug-likeness (QED) is 0.722. The van der Waals surface area contributed by atoms with Crippen LogP contribution in [0.25, 0.3) is 0 Å². The molecule has 108 valence electrons. The largest absolute Gasteiger partial charge is 0.384 e. The molecular weight excluding hydrogens is 251 g/mol. The third-order valence-corrected chi connectivity index (χ3v) is 3.49. The van der Waals surface area contributed by atoms with Gasteiger partial charge in [0.05, 0.1) is 11.4 Å². The van der Waals surface area contributed by atoms with Crippen LogP contribution >= 0.6 is 0 Å². The molecule has 0 bridgehead atoms. The number of hydrogen-bond donors (Lipinski definition) is 2. The van der Waals surface area contributed by atoms with E-state index in [1.54, 1.807) is 13.0 Å². The molecule has 2 rings (SSSR count). The summed E-state index contributed by atoms with van der Waals surface area (Å²) in [5.74, 6) is 0.605. The lowest BCUT2D eigenvalue weighted by Gasteiger charge is -2.16. The maximum absolute atomic E-state index is 13.6. The van der Waals surface area contributed by atoms with E-state index in [1.165, 1.54) is 18.9 Å². The molecule has 3 heteroatoms. The average molecular weight is 274 g/mol. The van der Waals surface area contributed by atoms with Crippen LogP contribution < -0.4 is 10.6 Å². The lowest BCUT2D eigenvalue weighted by atomic mass is 10.2. The second-order valence-electron chi connectivity index (χ2n) is 5.42. The van der Waals surface area contributed by atoms with Gasteiger partial charge in [0.25, 0.3) is 0 Å². The fraction of sp³-hybridized carbons (Fsp3) is 0.412. The molecule has 0 atom stereocenters. The number of allylic oxidation sites excluding steroid dienone is 1. The first-order valence-electron chi connectivity index (χ1n) is 7.26. The minimum atomic E-state index is -0.192. The fourth-order valence-electron chi connectivity index (χ4n) is 1.96. The van der Waals surface area contributed by atoms with E-state index >= 15 is 0 Å². The van der Waals surface area contributed by atoms with Crippen LogP contribution in [0, 0.1) is 18.7 Å². The molecule has 1 aromatic rings. The molecule has 1 aliphatic rings. The zero-order chi connectivity index (χ0) is 14.5. The Balaban J connectivity index is 2.01. The average Bonchev–Trinajstić information content (AvgIpc) is 3.24. The summed E-state index contributed by atoms with van der Waals surface area (Å²) < 4.78 is 13.6. The SMILES string of the molecule is C=C(NCC1CC1)/C(=C/CC)Nc1ccc(C)c(F)c1. The van der Waals surface area contributed by atoms with Crippen LogP contribution in [0.1, 0.15) is 31.7 Å². The van der Waals surface area contributed by atoms with Crippen LogP contribution in [0.15, 0.2) is 42.2 Å². The van der Waals surface area contributed by atoms with Crippen molar-refractivity contribution in [1.82, 2.24) is 5.32 Å². The topological polar surface area (TPSA) is 24.1 Å². The van der Waals surface area contributed by atoms with Gasteiger partial charge < -0.3 is 10.6 Å². The Morgan fingerprint density at radius 3 is 2.80 bits per heavy atom. The molecule has 0 unspecified atom stereocenters. The van der Waals surface area contributed by atoms with Crippen molar-refractivity contribution in [3.63, 3.8) is 0 Å². The van der Waals surface area contributed by atoms with Gasteiger partial charge in [0.15, 0.2) is 0 Å². The van der Waals surface area contributed by atoms with Crippen molar-refractivity contribution in [2.24, 2.45) is 5.92 Å². The zero-order valence-electron chi connectivity index (χ0n) is 12.3. The Labute approximate surface area is 120 Å². The number of benzene rings is 1. The third-order valence-electron chi connectivity index (χ3n) is 3.49. The molecule has 0 aliphatic heterocycles. The fourth-order valence-corrected chi connectivity index (χ4v) is 1.96. The molecule has 0 radical (unpaired) electrons. The van der Waals surface area contributed by atoms with Crippen LogP contribution in [0.2, 0.25) is 0 Å². The monoisotopic (exact) mass is 274 g/mol. The summed E-state index contributed by atoms with van der Waals surface area (Å²) >= 11 is 0. The van der Waals surface area contributed by atoms with E-state index in [0.717, 1.165) is 36.0 Å². The number of hydrogen-bond acceptors (Lipinski definition) is 2. The minimum Gasteiger partial charge on any atom is -0.384 e. The Bertz CT molecular complexity index is 516. The summed E-state index contributed by atoms with van der Waals surface area (Å²) in [6.07, 6.45) is 5.59. The van der Waals surface area contributed by atoms with E-state index in [0.29, 0.717) is 5.56 Å². The first-order valence-corrected chi connectivity index (χ1v) is 7.26. The lowest BCUT2D eigenvalue weighted by Crippen LogP contribution is -2.20. The first kappa shape index (κ1) is 14.6. The summed E-state index contributed by atoms with van der Waals surface area (Å²) in [7, 11) is 0. The molecule has 0 saturated heterocycles. The molecule has 2 N–H and O–H groups in total. The molecule has 0 amide bonds. The van der Waals surface area contributed by atoms with Crippen molar-refractivity contribution in [2.45, 2.75) is 33.1 Å².